The maximum Gasteiger partial charge on any atom is 0.280 e. The van der Waals surface area contributed by atoms with Gasteiger partial charge in [-0.25, -0.2) is 22.0 Å². The zero-order valence-corrected chi connectivity index (χ0v) is 21.0. The number of para-hydroxylation sites is 1. The molecule has 0 saturated heterocycles. The van der Waals surface area contributed by atoms with Crippen molar-refractivity contribution >= 4 is 50.2 Å². The summed E-state index contributed by atoms with van der Waals surface area (Å²) in [4.78, 5) is 13.2. The molecule has 2 heterocycles. The van der Waals surface area contributed by atoms with E-state index in [-0.39, 0.29) is 16.3 Å². The monoisotopic (exact) mass is 573 g/mol. The van der Waals surface area contributed by atoms with Gasteiger partial charge in [-0.05, 0) is 43.7 Å². The number of aromatic nitrogens is 1. The van der Waals surface area contributed by atoms with Gasteiger partial charge in [-0.1, -0.05) is 46.3 Å². The average molecular weight is 574 g/mol. The van der Waals surface area contributed by atoms with E-state index in [1.807, 2.05) is 55.5 Å². The molecule has 1 aromatic heterocycles. The van der Waals surface area contributed by atoms with Crippen molar-refractivity contribution < 1.29 is 26.7 Å². The Morgan fingerprint density at radius 2 is 1.46 bits per heavy atom. The predicted molar refractivity (Wildman–Crippen MR) is 135 cm³/mol. The minimum atomic E-state index is -2.31. The molecule has 0 unspecified atom stereocenters. The largest absolute Gasteiger partial charge is 0.340 e. The molecule has 4 nitrogen and oxygen atoms in total. The van der Waals surface area contributed by atoms with Gasteiger partial charge < -0.3 is 4.57 Å². The lowest BCUT2D eigenvalue weighted by Gasteiger charge is -2.15. The summed E-state index contributed by atoms with van der Waals surface area (Å²) in [7, 11) is 0. The Hall–Kier alpha value is -3.79. The third-order valence-electron chi connectivity index (χ3n) is 6.28. The van der Waals surface area contributed by atoms with Crippen molar-refractivity contribution in [3.05, 3.63) is 104 Å². The summed E-state index contributed by atoms with van der Waals surface area (Å²) in [6, 6.07) is 15.4. The van der Waals surface area contributed by atoms with Crippen LogP contribution in [0.4, 0.5) is 27.6 Å². The van der Waals surface area contributed by atoms with Gasteiger partial charge in [0.25, 0.3) is 5.91 Å². The topological polar surface area (TPSA) is 37.6 Å². The summed E-state index contributed by atoms with van der Waals surface area (Å²) in [5.74, 6) is -11.9. The third kappa shape index (κ3) is 4.05. The molecule has 0 aliphatic carbocycles. The highest BCUT2D eigenvalue weighted by atomic mass is 79.9. The fourth-order valence-electron chi connectivity index (χ4n) is 4.38. The predicted octanol–water partition coefficient (Wildman–Crippen LogP) is 7.26. The van der Waals surface area contributed by atoms with Crippen LogP contribution in [0.2, 0.25) is 0 Å². The van der Waals surface area contributed by atoms with Crippen LogP contribution in [0, 0.1) is 36.0 Å². The molecule has 1 aliphatic heterocycles. The Kier molecular flexibility index (Phi) is 6.23. The SMILES string of the molecule is CC1=NN(c2c(F)c(F)c(F)c(F)c2F)C(=O)/C1=C/c1c(C)n(Cc2ccc(Br)cc2)c2ccccc12. The number of halogens is 6. The van der Waals surface area contributed by atoms with Crippen molar-refractivity contribution in [3.8, 4) is 0 Å². The number of carbonyl (C=O) groups is 1. The number of rotatable bonds is 4. The zero-order valence-electron chi connectivity index (χ0n) is 19.4. The molecule has 1 amide bonds. The summed E-state index contributed by atoms with van der Waals surface area (Å²) >= 11 is 3.42. The van der Waals surface area contributed by atoms with E-state index in [9.17, 15) is 26.7 Å². The van der Waals surface area contributed by atoms with Crippen LogP contribution in [0.3, 0.4) is 0 Å². The van der Waals surface area contributed by atoms with E-state index >= 15 is 0 Å². The molecular formula is C27H17BrF5N3O. The van der Waals surface area contributed by atoms with Gasteiger partial charge in [-0.2, -0.15) is 10.1 Å². The first-order valence-corrected chi connectivity index (χ1v) is 11.8. The second kappa shape index (κ2) is 9.26. The number of anilines is 1. The highest BCUT2D eigenvalue weighted by Crippen LogP contribution is 2.35. The first kappa shape index (κ1) is 24.9. The van der Waals surface area contributed by atoms with Crippen LogP contribution in [0.15, 0.2) is 63.7 Å². The summed E-state index contributed by atoms with van der Waals surface area (Å²) in [6.07, 6.45) is 1.53. The number of hydrazone groups is 1. The van der Waals surface area contributed by atoms with Crippen LogP contribution in [-0.4, -0.2) is 16.2 Å². The Bertz CT molecular complexity index is 1630. The van der Waals surface area contributed by atoms with E-state index in [2.05, 4.69) is 25.6 Å². The molecule has 0 atom stereocenters. The second-order valence-electron chi connectivity index (χ2n) is 8.51. The van der Waals surface area contributed by atoms with Crippen LogP contribution in [0.5, 0.6) is 0 Å². The molecule has 188 valence electrons. The van der Waals surface area contributed by atoms with Gasteiger partial charge in [-0.3, -0.25) is 4.79 Å². The molecular weight excluding hydrogens is 557 g/mol. The lowest BCUT2D eigenvalue weighted by Crippen LogP contribution is -2.25. The number of fused-ring (bicyclic) bond motifs is 1. The Morgan fingerprint density at radius 1 is 0.865 bits per heavy atom. The van der Waals surface area contributed by atoms with Gasteiger partial charge in [0.2, 0.25) is 5.82 Å². The Labute approximate surface area is 216 Å². The Balaban J connectivity index is 1.61. The van der Waals surface area contributed by atoms with E-state index < -0.39 is 40.7 Å². The highest BCUT2D eigenvalue weighted by molar-refractivity contribution is 9.10. The fraction of sp³-hybridized carbons (Fsp3) is 0.111. The number of hydrogen-bond donors (Lipinski definition) is 0. The molecule has 3 aromatic carbocycles. The maximum atomic E-state index is 14.4. The molecule has 0 spiro atoms. The first-order valence-electron chi connectivity index (χ1n) is 11.1. The molecule has 0 radical (unpaired) electrons. The molecule has 4 aromatic rings. The van der Waals surface area contributed by atoms with E-state index in [1.165, 1.54) is 13.0 Å². The summed E-state index contributed by atoms with van der Waals surface area (Å²) in [5.41, 5.74) is 2.04. The molecule has 1 aliphatic rings. The van der Waals surface area contributed by atoms with Crippen molar-refractivity contribution in [3.63, 3.8) is 0 Å². The van der Waals surface area contributed by atoms with Crippen LogP contribution < -0.4 is 5.01 Å². The number of benzene rings is 3. The minimum Gasteiger partial charge on any atom is -0.340 e. The molecule has 0 fully saturated rings. The molecule has 37 heavy (non-hydrogen) atoms. The van der Waals surface area contributed by atoms with Gasteiger partial charge >= 0.3 is 0 Å². The van der Waals surface area contributed by atoms with E-state index in [0.717, 1.165) is 26.6 Å². The van der Waals surface area contributed by atoms with Crippen LogP contribution in [0.1, 0.15) is 23.7 Å². The van der Waals surface area contributed by atoms with E-state index in [0.29, 0.717) is 12.1 Å². The Morgan fingerprint density at radius 3 is 2.11 bits per heavy atom. The lowest BCUT2D eigenvalue weighted by atomic mass is 10.0. The van der Waals surface area contributed by atoms with Gasteiger partial charge in [0, 0.05) is 33.2 Å². The normalized spacial score (nSPS) is 14.8. The molecule has 0 bridgehead atoms. The smallest absolute Gasteiger partial charge is 0.280 e. The van der Waals surface area contributed by atoms with Crippen molar-refractivity contribution in [2.75, 3.05) is 5.01 Å². The quantitative estimate of drug-likeness (QED) is 0.109. The third-order valence-corrected chi connectivity index (χ3v) is 6.81. The van der Waals surface area contributed by atoms with Crippen LogP contribution in [-0.2, 0) is 11.3 Å². The van der Waals surface area contributed by atoms with Gasteiger partial charge in [0.05, 0.1) is 11.3 Å². The van der Waals surface area contributed by atoms with Gasteiger partial charge in [0.15, 0.2) is 23.3 Å². The van der Waals surface area contributed by atoms with Gasteiger partial charge in [0.1, 0.15) is 5.69 Å². The fourth-order valence-corrected chi connectivity index (χ4v) is 4.64. The van der Waals surface area contributed by atoms with Crippen molar-refractivity contribution in [1.29, 1.82) is 0 Å². The molecule has 10 heteroatoms. The number of hydrogen-bond acceptors (Lipinski definition) is 2. The standard InChI is InChI=1S/C27H17BrF5N3O/c1-13-18(27(37)36(34-13)26-24(32)22(30)21(29)23(31)25(26)33)11-19-14(2)35(20-6-4-3-5-17(19)20)12-15-7-9-16(28)10-8-15/h3-11H,12H2,1-2H3/b18-11+. The van der Waals surface area contributed by atoms with Crippen LogP contribution in [0.25, 0.3) is 17.0 Å². The maximum absolute atomic E-state index is 14.4. The minimum absolute atomic E-state index is 0.0291. The second-order valence-corrected chi connectivity index (χ2v) is 9.42. The number of carbonyl (C=O) groups excluding carboxylic acids is 1. The number of nitrogens with zero attached hydrogens (tertiary/aromatic N) is 3. The summed E-state index contributed by atoms with van der Waals surface area (Å²) in [6.45, 7) is 3.84. The average Bonchev–Trinajstić information content (AvgIpc) is 3.31. The lowest BCUT2D eigenvalue weighted by molar-refractivity contribution is -0.114. The number of amides is 1. The van der Waals surface area contributed by atoms with Crippen molar-refractivity contribution in [2.45, 2.75) is 20.4 Å². The zero-order chi connectivity index (χ0) is 26.6. The first-order chi connectivity index (χ1) is 17.6. The van der Waals surface area contributed by atoms with Crippen molar-refractivity contribution in [1.82, 2.24) is 4.57 Å². The van der Waals surface area contributed by atoms with Gasteiger partial charge in [-0.15, -0.1) is 0 Å². The summed E-state index contributed by atoms with van der Waals surface area (Å²) in [5, 5.41) is 4.86. The van der Waals surface area contributed by atoms with E-state index in [1.54, 1.807) is 0 Å². The van der Waals surface area contributed by atoms with E-state index in [4.69, 9.17) is 0 Å². The summed E-state index contributed by atoms with van der Waals surface area (Å²) < 4.78 is 72.9. The molecule has 0 N–H and O–H groups in total. The molecule has 5 rings (SSSR count). The van der Waals surface area contributed by atoms with Crippen molar-refractivity contribution in [2.24, 2.45) is 5.10 Å². The van der Waals surface area contributed by atoms with Crippen LogP contribution >= 0.6 is 15.9 Å². The highest BCUT2D eigenvalue weighted by Gasteiger charge is 2.37. The molecule has 0 saturated carbocycles.